The Morgan fingerprint density at radius 1 is 1.19 bits per heavy atom. The Labute approximate surface area is 218 Å². The van der Waals surface area contributed by atoms with Crippen molar-refractivity contribution in [2.45, 2.75) is 57.0 Å². The van der Waals surface area contributed by atoms with Crippen LogP contribution in [0.15, 0.2) is 18.3 Å². The van der Waals surface area contributed by atoms with Gasteiger partial charge in [-0.3, -0.25) is 9.36 Å². The first-order valence-corrected chi connectivity index (χ1v) is 12.9. The zero-order valence-electron chi connectivity index (χ0n) is 20.2. The van der Waals surface area contributed by atoms with Crippen LogP contribution in [0.2, 0.25) is 5.02 Å². The van der Waals surface area contributed by atoms with Gasteiger partial charge >= 0.3 is 0 Å². The highest BCUT2D eigenvalue weighted by atomic mass is 35.5. The van der Waals surface area contributed by atoms with Crippen LogP contribution in [0.1, 0.15) is 56.6 Å². The predicted octanol–water partition coefficient (Wildman–Crippen LogP) is 4.43. The molecule has 1 unspecified atom stereocenters. The van der Waals surface area contributed by atoms with E-state index in [1.165, 1.54) is 6.07 Å². The predicted molar refractivity (Wildman–Crippen MR) is 137 cm³/mol. The fourth-order valence-electron chi connectivity index (χ4n) is 5.11. The van der Waals surface area contributed by atoms with Gasteiger partial charge in [-0.1, -0.05) is 11.6 Å². The first kappa shape index (κ1) is 25.2. The Kier molecular flexibility index (Phi) is 7.39. The molecule has 3 heterocycles. The number of aromatic nitrogens is 4. The SMILES string of the molecule is N#Cc1cc(F)c(Nc2nc3cnc(NC4CCCOCC4)nc3n2[C@H]2CC[C@@H](C(N)=O)CC2)c(Cl)c1. The number of hydrogen-bond donors (Lipinski definition) is 3. The normalized spacial score (nSPS) is 22.2. The third-order valence-electron chi connectivity index (χ3n) is 7.09. The highest BCUT2D eigenvalue weighted by Gasteiger charge is 2.29. The summed E-state index contributed by atoms with van der Waals surface area (Å²) in [7, 11) is 0. The fraction of sp³-hybridized carbons (Fsp3) is 0.480. The minimum Gasteiger partial charge on any atom is -0.381 e. The van der Waals surface area contributed by atoms with Gasteiger partial charge in [-0.05, 0) is 57.1 Å². The molecule has 37 heavy (non-hydrogen) atoms. The molecular formula is C25H28ClFN8O2. The molecule has 3 aromatic rings. The molecular weight excluding hydrogens is 499 g/mol. The molecule has 194 valence electrons. The number of nitrogens with one attached hydrogen (secondary N) is 2. The van der Waals surface area contributed by atoms with Gasteiger partial charge in [0, 0.05) is 31.2 Å². The molecule has 10 nitrogen and oxygen atoms in total. The monoisotopic (exact) mass is 526 g/mol. The Morgan fingerprint density at radius 3 is 2.73 bits per heavy atom. The number of nitrogens with zero attached hydrogens (tertiary/aromatic N) is 5. The maximum absolute atomic E-state index is 14.9. The smallest absolute Gasteiger partial charge is 0.224 e. The minimum atomic E-state index is -0.663. The molecule has 1 saturated heterocycles. The van der Waals surface area contributed by atoms with E-state index in [1.54, 1.807) is 6.20 Å². The lowest BCUT2D eigenvalue weighted by atomic mass is 9.85. The molecule has 2 fully saturated rings. The molecule has 1 aliphatic carbocycles. The number of imidazole rings is 1. The van der Waals surface area contributed by atoms with Crippen molar-refractivity contribution in [2.75, 3.05) is 23.8 Å². The first-order chi connectivity index (χ1) is 17.9. The molecule has 0 bridgehead atoms. The van der Waals surface area contributed by atoms with E-state index < -0.39 is 5.82 Å². The third kappa shape index (κ3) is 5.45. The molecule has 1 saturated carbocycles. The average molecular weight is 527 g/mol. The van der Waals surface area contributed by atoms with Crippen molar-refractivity contribution in [3.05, 3.63) is 34.7 Å². The molecule has 1 atom stereocenters. The molecule has 1 amide bonds. The maximum atomic E-state index is 14.9. The second-order valence-electron chi connectivity index (χ2n) is 9.55. The molecule has 1 aromatic carbocycles. The van der Waals surface area contributed by atoms with Crippen LogP contribution >= 0.6 is 11.6 Å². The van der Waals surface area contributed by atoms with Crippen LogP contribution in [0.5, 0.6) is 0 Å². The lowest BCUT2D eigenvalue weighted by molar-refractivity contribution is -0.122. The van der Waals surface area contributed by atoms with Crippen molar-refractivity contribution < 1.29 is 13.9 Å². The number of carbonyl (C=O) groups is 1. The highest BCUT2D eigenvalue weighted by Crippen LogP contribution is 2.38. The minimum absolute atomic E-state index is 0.0211. The van der Waals surface area contributed by atoms with Gasteiger partial charge in [0.05, 0.1) is 28.5 Å². The van der Waals surface area contributed by atoms with Crippen molar-refractivity contribution in [1.29, 1.82) is 5.26 Å². The second kappa shape index (κ2) is 10.9. The van der Waals surface area contributed by atoms with E-state index in [2.05, 4.69) is 20.6 Å². The lowest BCUT2D eigenvalue weighted by Crippen LogP contribution is -2.29. The van der Waals surface area contributed by atoms with Crippen molar-refractivity contribution >= 4 is 46.3 Å². The standard InChI is InChI=1S/C25H28ClFN8O2/c26-18-10-14(12-28)11-19(27)21(18)33-25-32-20-13-30-24(31-16-2-1-8-37-9-7-16)34-23(20)35(25)17-5-3-15(4-6-17)22(29)36/h10-11,13,15-17H,1-9H2,(H2,29,36)(H,32,33)(H,30,31,34)/t15-,16?,17+. The van der Waals surface area contributed by atoms with Gasteiger partial charge in [0.1, 0.15) is 11.3 Å². The Hall–Kier alpha value is -3.49. The summed E-state index contributed by atoms with van der Waals surface area (Å²) < 4.78 is 22.4. The van der Waals surface area contributed by atoms with Crippen molar-refractivity contribution in [3.63, 3.8) is 0 Å². The van der Waals surface area contributed by atoms with E-state index in [9.17, 15) is 9.18 Å². The number of ether oxygens (including phenoxy) is 1. The Morgan fingerprint density at radius 2 is 2.00 bits per heavy atom. The van der Waals surface area contributed by atoms with Crippen molar-refractivity contribution in [2.24, 2.45) is 11.7 Å². The summed E-state index contributed by atoms with van der Waals surface area (Å²) in [6.07, 6.45) is 7.08. The number of carbonyl (C=O) groups excluding carboxylic acids is 1. The van der Waals surface area contributed by atoms with Gasteiger partial charge < -0.3 is 21.1 Å². The molecule has 2 aromatic heterocycles. The van der Waals surface area contributed by atoms with Crippen LogP contribution in [0.25, 0.3) is 11.2 Å². The van der Waals surface area contributed by atoms with E-state index in [-0.39, 0.29) is 40.2 Å². The lowest BCUT2D eigenvalue weighted by Gasteiger charge is -2.29. The first-order valence-electron chi connectivity index (χ1n) is 12.5. The van der Waals surface area contributed by atoms with Gasteiger partial charge in [-0.25, -0.2) is 14.4 Å². The molecule has 1 aliphatic heterocycles. The maximum Gasteiger partial charge on any atom is 0.224 e. The van der Waals surface area contributed by atoms with Crippen molar-refractivity contribution in [1.82, 2.24) is 19.5 Å². The summed E-state index contributed by atoms with van der Waals surface area (Å²) in [5.74, 6) is -0.279. The molecule has 2 aliphatic rings. The van der Waals surface area contributed by atoms with E-state index in [4.69, 9.17) is 32.3 Å². The Bertz CT molecular complexity index is 1320. The number of hydrogen-bond acceptors (Lipinski definition) is 8. The largest absolute Gasteiger partial charge is 0.381 e. The number of benzene rings is 1. The number of anilines is 3. The van der Waals surface area contributed by atoms with E-state index in [0.717, 1.165) is 31.9 Å². The Balaban J connectivity index is 1.52. The fourth-order valence-corrected chi connectivity index (χ4v) is 5.37. The van der Waals surface area contributed by atoms with Crippen LogP contribution in [-0.2, 0) is 9.53 Å². The molecule has 0 spiro atoms. The number of fused-ring (bicyclic) bond motifs is 1. The summed E-state index contributed by atoms with van der Waals surface area (Å²) >= 11 is 6.31. The number of rotatable bonds is 6. The number of halogens is 2. The van der Waals surface area contributed by atoms with Crippen LogP contribution in [0, 0.1) is 23.1 Å². The van der Waals surface area contributed by atoms with Gasteiger partial charge in [-0.2, -0.15) is 10.2 Å². The highest BCUT2D eigenvalue weighted by molar-refractivity contribution is 6.33. The van der Waals surface area contributed by atoms with E-state index in [1.807, 2.05) is 10.6 Å². The summed E-state index contributed by atoms with van der Waals surface area (Å²) in [6.45, 7) is 1.44. The molecule has 12 heteroatoms. The molecule has 0 radical (unpaired) electrons. The van der Waals surface area contributed by atoms with Gasteiger partial charge in [0.25, 0.3) is 0 Å². The topological polar surface area (TPSA) is 144 Å². The number of nitrogens with two attached hydrogens (primary N) is 1. The van der Waals surface area contributed by atoms with Crippen LogP contribution in [0.3, 0.4) is 0 Å². The number of nitriles is 1. The van der Waals surface area contributed by atoms with Crippen LogP contribution in [0.4, 0.5) is 22.0 Å². The van der Waals surface area contributed by atoms with Gasteiger partial charge in [0.15, 0.2) is 5.65 Å². The molecule has 5 rings (SSSR count). The second-order valence-corrected chi connectivity index (χ2v) is 9.96. The van der Waals surface area contributed by atoms with Gasteiger partial charge in [-0.15, -0.1) is 0 Å². The van der Waals surface area contributed by atoms with Crippen LogP contribution in [-0.4, -0.2) is 44.7 Å². The quantitative estimate of drug-likeness (QED) is 0.428. The molecule has 4 N–H and O–H groups in total. The van der Waals surface area contributed by atoms with E-state index in [0.29, 0.717) is 55.4 Å². The number of amides is 1. The summed E-state index contributed by atoms with van der Waals surface area (Å²) in [5, 5.41) is 15.6. The summed E-state index contributed by atoms with van der Waals surface area (Å²) in [5.41, 5.74) is 6.82. The zero-order chi connectivity index (χ0) is 25.9. The van der Waals surface area contributed by atoms with Gasteiger partial charge in [0.2, 0.25) is 17.8 Å². The van der Waals surface area contributed by atoms with E-state index >= 15 is 0 Å². The summed E-state index contributed by atoms with van der Waals surface area (Å²) in [4.78, 5) is 25.7. The van der Waals surface area contributed by atoms with Crippen LogP contribution < -0.4 is 16.4 Å². The third-order valence-corrected chi connectivity index (χ3v) is 7.39. The van der Waals surface area contributed by atoms with Crippen molar-refractivity contribution in [3.8, 4) is 6.07 Å². The zero-order valence-corrected chi connectivity index (χ0v) is 21.0. The summed E-state index contributed by atoms with van der Waals surface area (Å²) in [6, 6.07) is 4.58. The average Bonchev–Trinajstić information content (AvgIpc) is 3.04. The number of primary amides is 1.